The molecule has 3 nitrogen and oxygen atoms in total. The third-order valence-corrected chi connectivity index (χ3v) is 2.74. The van der Waals surface area contributed by atoms with Gasteiger partial charge >= 0.3 is 25.8 Å². The summed E-state index contributed by atoms with van der Waals surface area (Å²) >= 11 is 11.0. The standard InChI is InChI=1S/C6H4Cl2O3S.In.3H/c7-4-1-2-6(5(8)3-4)12(9,10)11;;;;/h1-3H,(H,9,10,11);;;;. The van der Waals surface area contributed by atoms with Crippen molar-refractivity contribution in [3.05, 3.63) is 28.2 Å². The fraction of sp³-hybridized carbons (Fsp3) is 0. The molecule has 7 heteroatoms. The molecule has 1 aromatic rings. The molecular formula is C6H7Cl2InO3S. The molecule has 1 rings (SSSR count). The minimum atomic E-state index is -4.24. The minimum absolute atomic E-state index is 0. The number of halogens is 2. The van der Waals surface area contributed by atoms with Gasteiger partial charge in [0.05, 0.1) is 5.02 Å². The van der Waals surface area contributed by atoms with Crippen LogP contribution in [0.25, 0.3) is 0 Å². The molecule has 1 aromatic carbocycles. The molecule has 0 aliphatic rings. The van der Waals surface area contributed by atoms with Crippen molar-refractivity contribution in [3.8, 4) is 0 Å². The topological polar surface area (TPSA) is 54.4 Å². The van der Waals surface area contributed by atoms with Crippen molar-refractivity contribution in [1.82, 2.24) is 0 Å². The summed E-state index contributed by atoms with van der Waals surface area (Å²) in [5.74, 6) is 0. The van der Waals surface area contributed by atoms with Gasteiger partial charge < -0.3 is 0 Å². The summed E-state index contributed by atoms with van der Waals surface area (Å²) in [6.07, 6.45) is 0. The van der Waals surface area contributed by atoms with E-state index in [1.54, 1.807) is 0 Å². The summed E-state index contributed by atoms with van der Waals surface area (Å²) in [6.45, 7) is 0. The fourth-order valence-electron chi connectivity index (χ4n) is 0.684. The summed E-state index contributed by atoms with van der Waals surface area (Å²) < 4.78 is 29.8. The molecule has 1 N–H and O–H groups in total. The van der Waals surface area contributed by atoms with Crippen molar-refractivity contribution in [2.45, 2.75) is 4.90 Å². The van der Waals surface area contributed by atoms with Crippen LogP contribution >= 0.6 is 23.2 Å². The van der Waals surface area contributed by atoms with Gasteiger partial charge in [-0.15, -0.1) is 0 Å². The Hall–Kier alpha value is 0.580. The van der Waals surface area contributed by atoms with Gasteiger partial charge in [0.1, 0.15) is 4.90 Å². The van der Waals surface area contributed by atoms with Gasteiger partial charge in [-0.25, -0.2) is 0 Å². The summed E-state index contributed by atoms with van der Waals surface area (Å²) in [5, 5.41) is 0.220. The van der Waals surface area contributed by atoms with Gasteiger partial charge in [-0.1, -0.05) is 23.2 Å². The average molecular weight is 345 g/mol. The summed E-state index contributed by atoms with van der Waals surface area (Å²) in [7, 11) is -4.24. The summed E-state index contributed by atoms with van der Waals surface area (Å²) in [4.78, 5) is -0.339. The quantitative estimate of drug-likeness (QED) is 0.775. The maximum absolute atomic E-state index is 10.6. The molecule has 0 aromatic heterocycles. The van der Waals surface area contributed by atoms with Crippen LogP contribution in [0.5, 0.6) is 0 Å². The van der Waals surface area contributed by atoms with Crippen LogP contribution < -0.4 is 0 Å². The van der Waals surface area contributed by atoms with Crippen LogP contribution in [0.1, 0.15) is 0 Å². The van der Waals surface area contributed by atoms with Crippen LogP contribution in [0.4, 0.5) is 0 Å². The molecule has 0 aliphatic heterocycles. The van der Waals surface area contributed by atoms with Crippen molar-refractivity contribution >= 4 is 59.2 Å². The van der Waals surface area contributed by atoms with E-state index in [9.17, 15) is 8.42 Å². The van der Waals surface area contributed by atoms with Crippen LogP contribution in [0.3, 0.4) is 0 Å². The van der Waals surface area contributed by atoms with E-state index in [2.05, 4.69) is 0 Å². The molecule has 72 valence electrons. The number of hydrogen-bond acceptors (Lipinski definition) is 2. The second-order valence-corrected chi connectivity index (χ2v) is 4.28. The Morgan fingerprint density at radius 1 is 1.23 bits per heavy atom. The van der Waals surface area contributed by atoms with Crippen molar-refractivity contribution in [1.29, 1.82) is 0 Å². The number of hydrogen-bond donors (Lipinski definition) is 1. The van der Waals surface area contributed by atoms with Gasteiger partial charge in [-0.3, -0.25) is 4.55 Å². The first-order chi connectivity index (χ1) is 5.41. The first-order valence-corrected chi connectivity index (χ1v) is 5.03. The summed E-state index contributed by atoms with van der Waals surface area (Å²) in [6, 6.07) is 3.71. The van der Waals surface area contributed by atoms with Gasteiger partial charge in [-0.05, 0) is 18.2 Å². The molecule has 0 saturated heterocycles. The van der Waals surface area contributed by atoms with E-state index in [1.807, 2.05) is 0 Å². The Kier molecular flexibility index (Phi) is 5.10. The Balaban J connectivity index is 0.00000144. The van der Waals surface area contributed by atoms with E-state index < -0.39 is 10.1 Å². The normalized spacial score (nSPS) is 10.7. The predicted octanol–water partition coefficient (Wildman–Crippen LogP) is 1.06. The van der Waals surface area contributed by atoms with Gasteiger partial charge in [0.15, 0.2) is 0 Å². The third-order valence-electron chi connectivity index (χ3n) is 1.17. The number of rotatable bonds is 1. The van der Waals surface area contributed by atoms with Crippen molar-refractivity contribution in [2.24, 2.45) is 0 Å². The fourth-order valence-corrected chi connectivity index (χ4v) is 1.93. The molecule has 0 bridgehead atoms. The van der Waals surface area contributed by atoms with Gasteiger partial charge in [0, 0.05) is 5.02 Å². The molecule has 0 heterocycles. The van der Waals surface area contributed by atoms with E-state index in [-0.39, 0.29) is 35.8 Å². The van der Waals surface area contributed by atoms with Crippen LogP contribution in [0.2, 0.25) is 10.0 Å². The van der Waals surface area contributed by atoms with Crippen LogP contribution in [-0.2, 0) is 10.1 Å². The molecule has 0 radical (unpaired) electrons. The Labute approximate surface area is 105 Å². The zero-order chi connectivity index (χ0) is 9.35. The van der Waals surface area contributed by atoms with Crippen LogP contribution in [0, 0.1) is 0 Å². The molecule has 0 saturated carbocycles. The molecule has 0 amide bonds. The van der Waals surface area contributed by atoms with Crippen molar-refractivity contribution in [3.63, 3.8) is 0 Å². The SMILES string of the molecule is O=S(=O)(O)c1ccc(Cl)cc1Cl.[InH3]. The second kappa shape index (κ2) is 4.89. The van der Waals surface area contributed by atoms with E-state index >= 15 is 0 Å². The van der Waals surface area contributed by atoms with E-state index in [0.717, 1.165) is 6.07 Å². The predicted molar refractivity (Wildman–Crippen MR) is 56.2 cm³/mol. The van der Waals surface area contributed by atoms with Gasteiger partial charge in [-0.2, -0.15) is 8.42 Å². The molecule has 0 aliphatic carbocycles. The first kappa shape index (κ1) is 13.6. The van der Waals surface area contributed by atoms with Crippen molar-refractivity contribution in [2.75, 3.05) is 0 Å². The van der Waals surface area contributed by atoms with Crippen LogP contribution in [0.15, 0.2) is 23.1 Å². The van der Waals surface area contributed by atoms with Gasteiger partial charge in [0.2, 0.25) is 0 Å². The second-order valence-electron chi connectivity index (χ2n) is 2.05. The molecule has 0 unspecified atom stereocenters. The van der Waals surface area contributed by atoms with E-state index in [1.165, 1.54) is 12.1 Å². The Morgan fingerprint density at radius 2 is 1.77 bits per heavy atom. The molecule has 13 heavy (non-hydrogen) atoms. The zero-order valence-corrected chi connectivity index (χ0v) is 7.99. The van der Waals surface area contributed by atoms with E-state index in [0.29, 0.717) is 5.02 Å². The van der Waals surface area contributed by atoms with Gasteiger partial charge in [0.25, 0.3) is 10.1 Å². The first-order valence-electron chi connectivity index (χ1n) is 2.84. The van der Waals surface area contributed by atoms with Crippen LogP contribution in [-0.4, -0.2) is 38.8 Å². The van der Waals surface area contributed by atoms with Crippen molar-refractivity contribution < 1.29 is 13.0 Å². The monoisotopic (exact) mass is 344 g/mol. The molecule has 0 atom stereocenters. The maximum atomic E-state index is 10.6. The molecule has 0 fully saturated rings. The Bertz CT molecular complexity index is 404. The number of benzene rings is 1. The van der Waals surface area contributed by atoms with E-state index in [4.69, 9.17) is 27.8 Å². The molecular weight excluding hydrogens is 338 g/mol. The summed E-state index contributed by atoms with van der Waals surface area (Å²) in [5.41, 5.74) is 0. The Morgan fingerprint density at radius 3 is 2.15 bits per heavy atom. The molecule has 0 spiro atoms. The average Bonchev–Trinajstić information content (AvgIpc) is 1.83. The zero-order valence-electron chi connectivity index (χ0n) is 5.66. The third kappa shape index (κ3) is 3.67.